The van der Waals surface area contributed by atoms with Crippen molar-refractivity contribution in [2.24, 2.45) is 11.1 Å². The van der Waals surface area contributed by atoms with Crippen LogP contribution in [0.4, 0.5) is 8.78 Å². The summed E-state index contributed by atoms with van der Waals surface area (Å²) in [5, 5.41) is 21.4. The Labute approximate surface area is 217 Å². The fraction of sp³-hybridized carbons (Fsp3) is 0.192. The summed E-state index contributed by atoms with van der Waals surface area (Å²) < 4.78 is 42.1. The normalized spacial score (nSPS) is 13.9. The van der Waals surface area contributed by atoms with E-state index in [0.717, 1.165) is 35.4 Å². The van der Waals surface area contributed by atoms with Crippen molar-refractivity contribution in [1.82, 2.24) is 14.8 Å². The summed E-state index contributed by atoms with van der Waals surface area (Å²) in [4.78, 5) is 15.6. The first-order valence-electron chi connectivity index (χ1n) is 11.3. The maximum atomic E-state index is 14.6. The maximum absolute atomic E-state index is 14.6. The number of carbonyl (C=O) groups is 1. The molecule has 1 atom stereocenters. The summed E-state index contributed by atoms with van der Waals surface area (Å²) in [6, 6.07) is 8.72. The monoisotopic (exact) mass is 539 g/mol. The molecule has 1 fully saturated rings. The molecule has 4 aromatic rings. The zero-order chi connectivity index (χ0) is 26.3. The molecule has 7 nitrogen and oxygen atoms in total. The molecule has 0 aliphatic heterocycles. The minimum absolute atomic E-state index is 0.0611. The molecule has 2 aromatic carbocycles. The van der Waals surface area contributed by atoms with Crippen molar-refractivity contribution >= 4 is 28.3 Å². The Kier molecular flexibility index (Phi) is 6.72. The summed E-state index contributed by atoms with van der Waals surface area (Å²) in [7, 11) is -2.33. The Morgan fingerprint density at radius 3 is 2.65 bits per heavy atom. The number of aromatic nitrogens is 3. The molecule has 11 heteroatoms. The van der Waals surface area contributed by atoms with Gasteiger partial charge in [0.2, 0.25) is 10.0 Å². The molecule has 1 unspecified atom stereocenters. The Morgan fingerprint density at radius 2 is 2.03 bits per heavy atom. The number of nitrogens with zero attached hydrogens (tertiary/aromatic N) is 3. The predicted octanol–water partition coefficient (Wildman–Crippen LogP) is 4.43. The van der Waals surface area contributed by atoms with Crippen LogP contribution in [0, 0.1) is 29.9 Å². The van der Waals surface area contributed by atoms with Gasteiger partial charge in [0.15, 0.2) is 22.5 Å². The number of thiazole rings is 1. The van der Waals surface area contributed by atoms with Crippen LogP contribution in [0.15, 0.2) is 46.7 Å². The molecule has 37 heavy (non-hydrogen) atoms. The lowest BCUT2D eigenvalue weighted by atomic mass is 9.96. The number of terminal acetylenes is 1. The van der Waals surface area contributed by atoms with Crippen LogP contribution in [-0.2, 0) is 28.0 Å². The van der Waals surface area contributed by atoms with Gasteiger partial charge < -0.3 is 5.11 Å². The van der Waals surface area contributed by atoms with Gasteiger partial charge in [0, 0.05) is 22.9 Å². The van der Waals surface area contributed by atoms with Crippen molar-refractivity contribution in [3.63, 3.8) is 0 Å². The number of rotatable bonds is 8. The Hall–Kier alpha value is -3.72. The van der Waals surface area contributed by atoms with Gasteiger partial charge in [0.25, 0.3) is 0 Å². The molecular weight excluding hydrogens is 518 g/mol. The van der Waals surface area contributed by atoms with Crippen LogP contribution in [0.3, 0.4) is 0 Å². The lowest BCUT2D eigenvalue weighted by molar-refractivity contribution is 0.0691. The van der Waals surface area contributed by atoms with Crippen LogP contribution in [0.25, 0.3) is 16.4 Å². The molecule has 5 rings (SSSR count). The first-order valence-corrected chi connectivity index (χ1v) is 13.5. The van der Waals surface area contributed by atoms with Crippen LogP contribution < -0.4 is 5.14 Å². The largest absolute Gasteiger partial charge is 0.476 e. The van der Waals surface area contributed by atoms with Gasteiger partial charge >= 0.3 is 5.97 Å². The highest BCUT2D eigenvalue weighted by Crippen LogP contribution is 2.38. The van der Waals surface area contributed by atoms with Crippen molar-refractivity contribution in [3.8, 4) is 28.7 Å². The van der Waals surface area contributed by atoms with Crippen molar-refractivity contribution < 1.29 is 22.9 Å². The quantitative estimate of drug-likeness (QED) is 0.196. The van der Waals surface area contributed by atoms with Crippen molar-refractivity contribution in [1.29, 1.82) is 0 Å². The zero-order valence-corrected chi connectivity index (χ0v) is 21.0. The molecule has 0 radical (unpaired) electrons. The molecule has 188 valence electrons. The van der Waals surface area contributed by atoms with Gasteiger partial charge in [-0.15, -0.1) is 22.9 Å². The number of hydrogen-bond donors (Lipinski definition) is 2. The van der Waals surface area contributed by atoms with E-state index >= 15 is 0 Å². The molecule has 0 amide bonds. The number of hydrogen-bond acceptors (Lipinski definition) is 5. The molecule has 0 spiro atoms. The van der Waals surface area contributed by atoms with Crippen LogP contribution in [-0.4, -0.2) is 25.8 Å². The molecule has 1 saturated carbocycles. The van der Waals surface area contributed by atoms with E-state index in [1.165, 1.54) is 29.6 Å². The summed E-state index contributed by atoms with van der Waals surface area (Å²) in [5.74, 6) is 0.411. The average molecular weight is 540 g/mol. The first-order chi connectivity index (χ1) is 17.7. The number of halogens is 2. The molecular formula is C26H21F2N4O3S2+. The van der Waals surface area contributed by atoms with E-state index in [2.05, 4.69) is 10.9 Å². The second-order valence-electron chi connectivity index (χ2n) is 8.78. The van der Waals surface area contributed by atoms with Gasteiger partial charge in [-0.3, -0.25) is 0 Å². The SMILES string of the molecule is C#Cc1cc(-c2nn(-c3nc(C(=O)O)cs3)c(CC3CC3)c2Cc2ccc([SH+](N)=O)c(F)c2)ccc1F. The maximum Gasteiger partial charge on any atom is 0.355 e. The minimum Gasteiger partial charge on any atom is -0.476 e. The molecule has 0 bridgehead atoms. The number of carboxylic acid groups (broad SMARTS) is 1. The van der Waals surface area contributed by atoms with Crippen LogP contribution >= 0.6 is 11.3 Å². The van der Waals surface area contributed by atoms with E-state index in [0.29, 0.717) is 34.3 Å². The number of nitrogens with two attached hydrogens (primary N) is 1. The van der Waals surface area contributed by atoms with E-state index < -0.39 is 28.6 Å². The molecule has 2 aromatic heterocycles. The number of carboxylic acids is 1. The van der Waals surface area contributed by atoms with Gasteiger partial charge in [-0.05, 0) is 61.1 Å². The zero-order valence-electron chi connectivity index (χ0n) is 19.3. The van der Waals surface area contributed by atoms with Crippen LogP contribution in [0.1, 0.15) is 45.7 Å². The van der Waals surface area contributed by atoms with Crippen LogP contribution in [0.2, 0.25) is 0 Å². The van der Waals surface area contributed by atoms with Crippen molar-refractivity contribution in [2.45, 2.75) is 30.6 Å². The van der Waals surface area contributed by atoms with Crippen molar-refractivity contribution in [2.75, 3.05) is 0 Å². The highest BCUT2D eigenvalue weighted by molar-refractivity contribution is 7.82. The standard InChI is InChI=1S/C26H20F2N4O3S2/c1-2-16-12-17(6-7-19(16)27)24-18(9-15-5-8-23(37(29)35)20(28)10-15)22(11-14-3-4-14)32(31-24)26-30-21(13-36-26)25(33)34/h1,5-8,10,12-14H,3-4,9,11H2,(H2,29,35)(H,33,34)/p+1. The van der Waals surface area contributed by atoms with E-state index in [1.807, 2.05) is 0 Å². The highest BCUT2D eigenvalue weighted by atomic mass is 32.2. The molecule has 1 aliphatic carbocycles. The molecule has 1 aliphatic rings. The van der Waals surface area contributed by atoms with Gasteiger partial charge in [0.05, 0.1) is 17.0 Å². The summed E-state index contributed by atoms with van der Waals surface area (Å²) >= 11 is 1.14. The minimum atomic E-state index is -2.33. The highest BCUT2D eigenvalue weighted by Gasteiger charge is 2.29. The molecule has 3 N–H and O–H groups in total. The smallest absolute Gasteiger partial charge is 0.355 e. The van der Waals surface area contributed by atoms with E-state index in [1.54, 1.807) is 16.8 Å². The van der Waals surface area contributed by atoms with Gasteiger partial charge in [-0.25, -0.2) is 23.2 Å². The molecule has 0 saturated heterocycles. The lowest BCUT2D eigenvalue weighted by Gasteiger charge is -2.09. The third-order valence-corrected chi connectivity index (χ3v) is 7.84. The summed E-state index contributed by atoms with van der Waals surface area (Å²) in [6.07, 6.45) is 8.49. The third-order valence-electron chi connectivity index (χ3n) is 6.19. The van der Waals surface area contributed by atoms with E-state index in [-0.39, 0.29) is 22.6 Å². The lowest BCUT2D eigenvalue weighted by Crippen LogP contribution is -2.07. The topological polar surface area (TPSA) is 111 Å². The second kappa shape index (κ2) is 9.97. The fourth-order valence-electron chi connectivity index (χ4n) is 4.15. The van der Waals surface area contributed by atoms with Gasteiger partial charge in [-0.2, -0.15) is 5.10 Å². The number of thiol groups is 1. The van der Waals surface area contributed by atoms with Crippen LogP contribution in [0.5, 0.6) is 0 Å². The van der Waals surface area contributed by atoms with Gasteiger partial charge in [-0.1, -0.05) is 16.2 Å². The molecule has 2 heterocycles. The summed E-state index contributed by atoms with van der Waals surface area (Å²) in [6.45, 7) is 0. The average Bonchev–Trinajstić information content (AvgIpc) is 3.42. The van der Waals surface area contributed by atoms with Crippen molar-refractivity contribution in [3.05, 3.63) is 81.5 Å². The number of aromatic carboxylic acids is 1. The predicted molar refractivity (Wildman–Crippen MR) is 137 cm³/mol. The Bertz CT molecular complexity index is 1600. The van der Waals surface area contributed by atoms with E-state index in [9.17, 15) is 22.9 Å². The Morgan fingerprint density at radius 1 is 1.24 bits per heavy atom. The Balaban J connectivity index is 1.70. The van der Waals surface area contributed by atoms with E-state index in [4.69, 9.17) is 16.7 Å². The third kappa shape index (κ3) is 5.09. The first kappa shape index (κ1) is 25.0. The number of benzene rings is 2. The second-order valence-corrected chi connectivity index (χ2v) is 10.8. The van der Waals surface area contributed by atoms with Gasteiger partial charge in [0.1, 0.15) is 5.82 Å². The fourth-order valence-corrected chi connectivity index (χ4v) is 5.42. The summed E-state index contributed by atoms with van der Waals surface area (Å²) in [5.41, 5.74) is 3.22.